The minimum Gasteiger partial charge on any atom is -0.496 e. The molecule has 1 heterocycles. The summed E-state index contributed by atoms with van der Waals surface area (Å²) in [5.41, 5.74) is -0.116. The van der Waals surface area contributed by atoms with Gasteiger partial charge in [-0.3, -0.25) is 4.79 Å². The third-order valence-electron chi connectivity index (χ3n) is 3.91. The second-order valence-corrected chi connectivity index (χ2v) is 6.16. The van der Waals surface area contributed by atoms with Crippen molar-refractivity contribution < 1.29 is 14.6 Å². The first-order valence-electron chi connectivity index (χ1n) is 6.71. The zero-order chi connectivity index (χ0) is 13.7. The van der Waals surface area contributed by atoms with E-state index >= 15 is 0 Å². The molecule has 2 rings (SSSR count). The van der Waals surface area contributed by atoms with Crippen molar-refractivity contribution in [3.63, 3.8) is 0 Å². The number of aliphatic hydroxyl groups is 1. The monoisotopic (exact) mass is 283 g/mol. The third-order valence-corrected chi connectivity index (χ3v) is 4.82. The number of carbonyl (C=O) groups excluding carboxylic acids is 1. The van der Waals surface area contributed by atoms with Crippen LogP contribution in [0.3, 0.4) is 0 Å². The Hall–Kier alpha value is -1.07. The molecule has 106 valence electrons. The molecular weight excluding hydrogens is 262 g/mol. The van der Waals surface area contributed by atoms with Crippen molar-refractivity contribution in [3.8, 4) is 5.75 Å². The van der Waals surface area contributed by atoms with Crippen molar-refractivity contribution in [2.24, 2.45) is 5.41 Å². The molecule has 0 spiro atoms. The molecule has 1 fully saturated rings. The van der Waals surface area contributed by atoms with Gasteiger partial charge in [0.2, 0.25) is 0 Å². The standard InChI is InChI=1S/C14H21NO3S/c1-18-11-7-12(19-8-11)13(17)15-9-14(10-16)5-3-2-4-6-14/h7-8,16H,2-6,9-10H2,1H3,(H,15,17). The molecule has 1 aromatic rings. The van der Waals surface area contributed by atoms with Crippen LogP contribution >= 0.6 is 11.3 Å². The number of methoxy groups -OCH3 is 1. The highest BCUT2D eigenvalue weighted by Crippen LogP contribution is 2.35. The van der Waals surface area contributed by atoms with E-state index < -0.39 is 0 Å². The topological polar surface area (TPSA) is 58.6 Å². The zero-order valence-electron chi connectivity index (χ0n) is 11.3. The molecule has 1 saturated carbocycles. The van der Waals surface area contributed by atoms with Gasteiger partial charge in [0.1, 0.15) is 5.75 Å². The third kappa shape index (κ3) is 3.48. The van der Waals surface area contributed by atoms with Gasteiger partial charge in [-0.15, -0.1) is 11.3 Å². The maximum Gasteiger partial charge on any atom is 0.261 e. The fraction of sp³-hybridized carbons (Fsp3) is 0.643. The lowest BCUT2D eigenvalue weighted by Crippen LogP contribution is -2.41. The number of hydrogen-bond acceptors (Lipinski definition) is 4. The molecule has 1 amide bonds. The Morgan fingerprint density at radius 2 is 2.21 bits per heavy atom. The number of aliphatic hydroxyl groups excluding tert-OH is 1. The Morgan fingerprint density at radius 3 is 2.79 bits per heavy atom. The van der Waals surface area contributed by atoms with E-state index in [0.29, 0.717) is 17.2 Å². The summed E-state index contributed by atoms with van der Waals surface area (Å²) in [5.74, 6) is 0.636. The lowest BCUT2D eigenvalue weighted by Gasteiger charge is -2.35. The summed E-state index contributed by atoms with van der Waals surface area (Å²) in [6, 6.07) is 1.74. The van der Waals surface area contributed by atoms with E-state index in [2.05, 4.69) is 5.32 Å². The van der Waals surface area contributed by atoms with Gasteiger partial charge in [-0.05, 0) is 12.8 Å². The first kappa shape index (κ1) is 14.3. The van der Waals surface area contributed by atoms with E-state index in [4.69, 9.17) is 4.74 Å². The number of hydrogen-bond donors (Lipinski definition) is 2. The van der Waals surface area contributed by atoms with Crippen molar-refractivity contribution in [1.82, 2.24) is 5.32 Å². The smallest absolute Gasteiger partial charge is 0.261 e. The molecular formula is C14H21NO3S. The summed E-state index contributed by atoms with van der Waals surface area (Å²) in [6.07, 6.45) is 5.51. The number of amides is 1. The summed E-state index contributed by atoms with van der Waals surface area (Å²) >= 11 is 1.38. The van der Waals surface area contributed by atoms with E-state index in [1.54, 1.807) is 13.2 Å². The summed E-state index contributed by atoms with van der Waals surface area (Å²) in [5, 5.41) is 14.4. The summed E-state index contributed by atoms with van der Waals surface area (Å²) < 4.78 is 5.07. The Labute approximate surface area is 117 Å². The molecule has 19 heavy (non-hydrogen) atoms. The summed E-state index contributed by atoms with van der Waals surface area (Å²) in [7, 11) is 1.59. The Bertz CT molecular complexity index is 424. The predicted molar refractivity (Wildman–Crippen MR) is 75.8 cm³/mol. The SMILES string of the molecule is COc1csc(C(=O)NCC2(CO)CCCCC2)c1. The van der Waals surface area contributed by atoms with Gasteiger partial charge >= 0.3 is 0 Å². The highest BCUT2D eigenvalue weighted by Gasteiger charge is 2.31. The minimum atomic E-state index is -0.116. The van der Waals surface area contributed by atoms with Crippen LogP contribution in [0.4, 0.5) is 0 Å². The van der Waals surface area contributed by atoms with Gasteiger partial charge in [-0.2, -0.15) is 0 Å². The molecule has 4 nitrogen and oxygen atoms in total. The molecule has 0 atom stereocenters. The molecule has 1 aliphatic rings. The van der Waals surface area contributed by atoms with Crippen molar-refractivity contribution in [2.45, 2.75) is 32.1 Å². The second kappa shape index (κ2) is 6.39. The molecule has 0 bridgehead atoms. The fourth-order valence-electron chi connectivity index (χ4n) is 2.59. The normalized spacial score (nSPS) is 18.0. The summed E-state index contributed by atoms with van der Waals surface area (Å²) in [4.78, 5) is 12.7. The average Bonchev–Trinajstić information content (AvgIpc) is 2.95. The van der Waals surface area contributed by atoms with Crippen LogP contribution in [-0.4, -0.2) is 31.3 Å². The minimum absolute atomic E-state index is 0.0771. The van der Waals surface area contributed by atoms with Gasteiger partial charge in [0.05, 0.1) is 18.6 Å². The molecule has 0 aliphatic heterocycles. The van der Waals surface area contributed by atoms with Crippen LogP contribution < -0.4 is 10.1 Å². The number of nitrogens with one attached hydrogen (secondary N) is 1. The molecule has 0 unspecified atom stereocenters. The number of rotatable bonds is 5. The van der Waals surface area contributed by atoms with Crippen molar-refractivity contribution in [3.05, 3.63) is 16.3 Å². The number of thiophene rings is 1. The van der Waals surface area contributed by atoms with Crippen LogP contribution in [-0.2, 0) is 0 Å². The number of carbonyl (C=O) groups is 1. The van der Waals surface area contributed by atoms with Gasteiger partial charge in [0.15, 0.2) is 0 Å². The van der Waals surface area contributed by atoms with E-state index in [1.165, 1.54) is 17.8 Å². The average molecular weight is 283 g/mol. The highest BCUT2D eigenvalue weighted by molar-refractivity contribution is 7.12. The maximum atomic E-state index is 12.0. The number of ether oxygens (including phenoxy) is 1. The molecule has 2 N–H and O–H groups in total. The van der Waals surface area contributed by atoms with Gasteiger partial charge < -0.3 is 15.2 Å². The van der Waals surface area contributed by atoms with E-state index in [1.807, 2.05) is 5.38 Å². The van der Waals surface area contributed by atoms with Crippen LogP contribution in [0.15, 0.2) is 11.4 Å². The molecule has 1 aromatic heterocycles. The first-order chi connectivity index (χ1) is 9.19. The van der Waals surface area contributed by atoms with Crippen LogP contribution in [0.1, 0.15) is 41.8 Å². The van der Waals surface area contributed by atoms with Gasteiger partial charge in [0, 0.05) is 23.4 Å². The summed E-state index contributed by atoms with van der Waals surface area (Å²) in [6.45, 7) is 0.712. The first-order valence-corrected chi connectivity index (χ1v) is 7.59. The van der Waals surface area contributed by atoms with Crippen molar-refractivity contribution in [1.29, 1.82) is 0 Å². The molecule has 1 aliphatic carbocycles. The Morgan fingerprint density at radius 1 is 1.47 bits per heavy atom. The van der Waals surface area contributed by atoms with Crippen LogP contribution in [0.2, 0.25) is 0 Å². The lowest BCUT2D eigenvalue weighted by molar-refractivity contribution is 0.0720. The Kier molecular flexibility index (Phi) is 4.82. The van der Waals surface area contributed by atoms with Crippen LogP contribution in [0.25, 0.3) is 0 Å². The zero-order valence-corrected chi connectivity index (χ0v) is 12.1. The predicted octanol–water partition coefficient (Wildman–Crippen LogP) is 2.43. The largest absolute Gasteiger partial charge is 0.496 e. The van der Waals surface area contributed by atoms with Gasteiger partial charge in [-0.1, -0.05) is 19.3 Å². The molecule has 5 heteroatoms. The fourth-order valence-corrected chi connectivity index (χ4v) is 3.36. The van der Waals surface area contributed by atoms with Crippen LogP contribution in [0, 0.1) is 5.41 Å². The van der Waals surface area contributed by atoms with E-state index in [-0.39, 0.29) is 17.9 Å². The van der Waals surface area contributed by atoms with E-state index in [0.717, 1.165) is 25.7 Å². The lowest BCUT2D eigenvalue weighted by atomic mass is 9.74. The van der Waals surface area contributed by atoms with Gasteiger partial charge in [0.25, 0.3) is 5.91 Å². The quantitative estimate of drug-likeness (QED) is 0.872. The van der Waals surface area contributed by atoms with Crippen molar-refractivity contribution >= 4 is 17.2 Å². The van der Waals surface area contributed by atoms with Crippen molar-refractivity contribution in [2.75, 3.05) is 20.3 Å². The van der Waals surface area contributed by atoms with Crippen LogP contribution in [0.5, 0.6) is 5.75 Å². The maximum absolute atomic E-state index is 12.0. The molecule has 0 radical (unpaired) electrons. The second-order valence-electron chi connectivity index (χ2n) is 5.25. The van der Waals surface area contributed by atoms with Gasteiger partial charge in [-0.25, -0.2) is 0 Å². The molecule has 0 saturated heterocycles. The van der Waals surface area contributed by atoms with E-state index in [9.17, 15) is 9.90 Å². The Balaban J connectivity index is 1.91. The molecule has 0 aromatic carbocycles. The highest BCUT2D eigenvalue weighted by atomic mass is 32.1.